The summed E-state index contributed by atoms with van der Waals surface area (Å²) >= 11 is 0. The lowest BCUT2D eigenvalue weighted by Crippen LogP contribution is -2.23. The van der Waals surface area contributed by atoms with Crippen molar-refractivity contribution in [3.8, 4) is 11.1 Å². The van der Waals surface area contributed by atoms with Gasteiger partial charge in [0.2, 0.25) is 5.88 Å². The molecule has 0 amide bonds. The van der Waals surface area contributed by atoms with Gasteiger partial charge in [0.1, 0.15) is 5.82 Å². The molecule has 3 N–H and O–H groups in total. The van der Waals surface area contributed by atoms with Crippen molar-refractivity contribution in [1.29, 1.82) is 0 Å². The van der Waals surface area contributed by atoms with Crippen molar-refractivity contribution in [1.82, 2.24) is 5.16 Å². The van der Waals surface area contributed by atoms with Gasteiger partial charge >= 0.3 is 5.97 Å². The monoisotopic (exact) mass is 424 g/mol. The van der Waals surface area contributed by atoms with Gasteiger partial charge in [-0.2, -0.15) is 0 Å². The van der Waals surface area contributed by atoms with Crippen LogP contribution in [0.5, 0.6) is 0 Å². The highest BCUT2D eigenvalue weighted by Gasteiger charge is 2.16. The molecule has 0 fully saturated rings. The number of nitrogens with zero attached hydrogens (tertiary/aromatic N) is 2. The Balaban J connectivity index is 1.64. The molecule has 3 rings (SSSR count). The summed E-state index contributed by atoms with van der Waals surface area (Å²) in [4.78, 5) is 15.4. The maximum atomic E-state index is 14.7. The summed E-state index contributed by atoms with van der Waals surface area (Å²) in [6.07, 6.45) is 0.138. The summed E-state index contributed by atoms with van der Waals surface area (Å²) in [6, 6.07) is 16.2. The first-order valence-corrected chi connectivity index (χ1v) is 10.0. The number of esters is 1. The molecule has 1 unspecified atom stereocenters. The number of benzene rings is 2. The van der Waals surface area contributed by atoms with Crippen LogP contribution in [0.2, 0.25) is 0 Å². The molecule has 1 atom stereocenters. The molecule has 0 aliphatic rings. The van der Waals surface area contributed by atoms with Gasteiger partial charge in [-0.05, 0) is 24.1 Å². The number of rotatable bonds is 8. The van der Waals surface area contributed by atoms with Crippen LogP contribution in [0.4, 0.5) is 10.3 Å². The Labute approximate surface area is 180 Å². The predicted molar refractivity (Wildman–Crippen MR) is 117 cm³/mol. The highest BCUT2D eigenvalue weighted by atomic mass is 19.1. The van der Waals surface area contributed by atoms with Gasteiger partial charge in [0.25, 0.3) is 0 Å². The van der Waals surface area contributed by atoms with Crippen molar-refractivity contribution in [3.05, 3.63) is 71.7 Å². The Morgan fingerprint density at radius 1 is 1.26 bits per heavy atom. The quantitative estimate of drug-likeness (QED) is 0.317. The first kappa shape index (κ1) is 22.0. The van der Waals surface area contributed by atoms with Crippen LogP contribution in [-0.4, -0.2) is 30.2 Å². The summed E-state index contributed by atoms with van der Waals surface area (Å²) < 4.78 is 24.8. The molecular weight excluding hydrogens is 399 g/mol. The number of nitrogens with one attached hydrogen (secondary N) is 1. The van der Waals surface area contributed by atoms with Crippen molar-refractivity contribution in [2.24, 2.45) is 10.7 Å². The summed E-state index contributed by atoms with van der Waals surface area (Å²) in [5.74, 6) is -0.421. The van der Waals surface area contributed by atoms with Gasteiger partial charge in [-0.3, -0.25) is 15.1 Å². The number of ether oxygens (including phenoxy) is 1. The van der Waals surface area contributed by atoms with Crippen molar-refractivity contribution >= 4 is 17.8 Å². The Bertz CT molecular complexity index is 1050. The Hall–Kier alpha value is -3.68. The lowest BCUT2D eigenvalue weighted by molar-refractivity contribution is -0.142. The molecule has 3 aromatic rings. The fourth-order valence-corrected chi connectivity index (χ4v) is 3.04. The summed E-state index contributed by atoms with van der Waals surface area (Å²) in [6.45, 7) is 4.18. The van der Waals surface area contributed by atoms with Crippen molar-refractivity contribution in [2.45, 2.75) is 26.2 Å². The van der Waals surface area contributed by atoms with E-state index in [0.29, 0.717) is 23.7 Å². The Kier molecular flexibility index (Phi) is 7.37. The van der Waals surface area contributed by atoms with E-state index in [1.807, 2.05) is 43.3 Å². The van der Waals surface area contributed by atoms with Crippen LogP contribution in [-0.2, 0) is 9.53 Å². The third-order valence-electron chi connectivity index (χ3n) is 4.70. The number of halogens is 1. The molecule has 8 heteroatoms. The zero-order valence-corrected chi connectivity index (χ0v) is 17.5. The standard InChI is InChI=1S/C23H25FN4O3/c1-3-30-22(29)11-12-26-23(25)27-21-14-20(28-31-21)15(2)17-9-10-18(19(24)13-17)16-7-5-4-6-8-16/h4-10,13-15H,3,11-12H2,1-2H3,(H3,25,26,27). The van der Waals surface area contributed by atoms with E-state index in [4.69, 9.17) is 15.0 Å². The fraction of sp³-hybridized carbons (Fsp3) is 0.261. The van der Waals surface area contributed by atoms with Crippen LogP contribution in [0.1, 0.15) is 37.4 Å². The van der Waals surface area contributed by atoms with E-state index in [1.165, 1.54) is 6.07 Å². The number of aliphatic imine (C=N–C) groups is 1. The second-order valence-electron chi connectivity index (χ2n) is 6.89. The first-order chi connectivity index (χ1) is 15.0. The number of anilines is 1. The predicted octanol–water partition coefficient (Wildman–Crippen LogP) is 4.31. The maximum absolute atomic E-state index is 14.7. The van der Waals surface area contributed by atoms with Gasteiger partial charge in [0.05, 0.1) is 25.3 Å². The van der Waals surface area contributed by atoms with Crippen LogP contribution < -0.4 is 11.1 Å². The lowest BCUT2D eigenvalue weighted by atomic mass is 9.95. The van der Waals surface area contributed by atoms with Crippen LogP contribution in [0.25, 0.3) is 11.1 Å². The number of nitrogens with two attached hydrogens (primary N) is 1. The minimum atomic E-state index is -0.333. The molecule has 2 aromatic carbocycles. The molecule has 0 aliphatic carbocycles. The average Bonchev–Trinajstić information content (AvgIpc) is 3.22. The molecule has 162 valence electrons. The first-order valence-electron chi connectivity index (χ1n) is 10.0. The molecule has 31 heavy (non-hydrogen) atoms. The summed E-state index contributed by atoms with van der Waals surface area (Å²) in [7, 11) is 0. The van der Waals surface area contributed by atoms with E-state index in [-0.39, 0.29) is 36.6 Å². The van der Waals surface area contributed by atoms with Crippen LogP contribution in [0.3, 0.4) is 0 Å². The fourth-order valence-electron chi connectivity index (χ4n) is 3.04. The minimum Gasteiger partial charge on any atom is -0.466 e. The SMILES string of the molecule is CCOC(=O)CCN=C(N)Nc1cc(C(C)c2ccc(-c3ccccc3)c(F)c2)no1. The maximum Gasteiger partial charge on any atom is 0.307 e. The van der Waals surface area contributed by atoms with Crippen LogP contribution >= 0.6 is 0 Å². The molecular formula is C23H25FN4O3. The van der Waals surface area contributed by atoms with Crippen molar-refractivity contribution in [2.75, 3.05) is 18.5 Å². The number of aromatic nitrogens is 1. The zero-order valence-electron chi connectivity index (χ0n) is 17.5. The summed E-state index contributed by atoms with van der Waals surface area (Å²) in [5, 5.41) is 6.83. The van der Waals surface area contributed by atoms with E-state index >= 15 is 0 Å². The second kappa shape index (κ2) is 10.4. The minimum absolute atomic E-state index is 0.0953. The van der Waals surface area contributed by atoms with Gasteiger partial charge < -0.3 is 15.0 Å². The topological polar surface area (TPSA) is 103 Å². The number of hydrogen-bond donors (Lipinski definition) is 2. The zero-order chi connectivity index (χ0) is 22.2. The number of carbonyl (C=O) groups excluding carboxylic acids is 1. The second-order valence-corrected chi connectivity index (χ2v) is 6.89. The van der Waals surface area contributed by atoms with Gasteiger partial charge in [-0.1, -0.05) is 54.5 Å². The molecule has 0 aliphatic heterocycles. The average molecular weight is 424 g/mol. The van der Waals surface area contributed by atoms with Gasteiger partial charge in [-0.15, -0.1) is 0 Å². The van der Waals surface area contributed by atoms with Crippen LogP contribution in [0, 0.1) is 5.82 Å². The Morgan fingerprint density at radius 2 is 2.03 bits per heavy atom. The molecule has 0 saturated heterocycles. The molecule has 7 nitrogen and oxygen atoms in total. The van der Waals surface area contributed by atoms with E-state index in [1.54, 1.807) is 19.1 Å². The number of hydrogen-bond acceptors (Lipinski definition) is 5. The molecule has 0 bridgehead atoms. The molecule has 0 saturated carbocycles. The van der Waals surface area contributed by atoms with E-state index in [0.717, 1.165) is 11.1 Å². The molecule has 1 heterocycles. The van der Waals surface area contributed by atoms with E-state index in [2.05, 4.69) is 15.5 Å². The highest BCUT2D eigenvalue weighted by molar-refractivity contribution is 5.91. The molecule has 1 aromatic heterocycles. The van der Waals surface area contributed by atoms with Crippen LogP contribution in [0.15, 0.2) is 64.1 Å². The third-order valence-corrected chi connectivity index (χ3v) is 4.70. The van der Waals surface area contributed by atoms with E-state index in [9.17, 15) is 9.18 Å². The van der Waals surface area contributed by atoms with Gasteiger partial charge in [-0.25, -0.2) is 4.39 Å². The normalized spacial score (nSPS) is 12.4. The molecule has 0 spiro atoms. The largest absolute Gasteiger partial charge is 0.466 e. The van der Waals surface area contributed by atoms with Crippen molar-refractivity contribution < 1.29 is 18.4 Å². The smallest absolute Gasteiger partial charge is 0.307 e. The summed E-state index contributed by atoms with van der Waals surface area (Å²) in [5.41, 5.74) is 8.57. The third kappa shape index (κ3) is 5.91. The molecule has 0 radical (unpaired) electrons. The van der Waals surface area contributed by atoms with Gasteiger partial charge in [0, 0.05) is 17.5 Å². The van der Waals surface area contributed by atoms with E-state index < -0.39 is 0 Å². The Morgan fingerprint density at radius 3 is 2.74 bits per heavy atom. The van der Waals surface area contributed by atoms with Crippen molar-refractivity contribution in [3.63, 3.8) is 0 Å². The lowest BCUT2D eigenvalue weighted by Gasteiger charge is -2.11. The number of guanidine groups is 1. The highest BCUT2D eigenvalue weighted by Crippen LogP contribution is 2.29. The number of carbonyl (C=O) groups is 1. The van der Waals surface area contributed by atoms with Gasteiger partial charge in [0.15, 0.2) is 5.96 Å².